The van der Waals surface area contributed by atoms with Gasteiger partial charge >= 0.3 is 5.69 Å². The lowest BCUT2D eigenvalue weighted by Crippen LogP contribution is -2.60. The molecule has 5 N–H and O–H groups in total. The molecule has 1 spiro atoms. The number of nitrogens with one attached hydrogen (secondary N) is 1. The van der Waals surface area contributed by atoms with Crippen molar-refractivity contribution in [1.82, 2.24) is 14.9 Å². The zero-order valence-corrected chi connectivity index (χ0v) is 15.5. The van der Waals surface area contributed by atoms with Crippen molar-refractivity contribution in [2.24, 2.45) is 11.1 Å². The van der Waals surface area contributed by atoms with Crippen LogP contribution in [0.3, 0.4) is 0 Å². The van der Waals surface area contributed by atoms with Crippen LogP contribution in [0.4, 0.5) is 10.2 Å². The lowest BCUT2D eigenvalue weighted by atomic mass is 9.52. The molecule has 0 aliphatic heterocycles. The van der Waals surface area contributed by atoms with Gasteiger partial charge in [-0.3, -0.25) is 4.57 Å². The summed E-state index contributed by atoms with van der Waals surface area (Å²) in [4.78, 5) is 15.6. The first-order chi connectivity index (χ1) is 12.8. The van der Waals surface area contributed by atoms with E-state index in [1.807, 2.05) is 0 Å². The van der Waals surface area contributed by atoms with Gasteiger partial charge in [0.2, 0.25) is 0 Å². The second-order valence-electron chi connectivity index (χ2n) is 8.33. The number of hydrogen-bond acceptors (Lipinski definition) is 5. The van der Waals surface area contributed by atoms with Crippen molar-refractivity contribution in [3.63, 3.8) is 0 Å². The molecule has 27 heavy (non-hydrogen) atoms. The Morgan fingerprint density at radius 2 is 2.07 bits per heavy atom. The van der Waals surface area contributed by atoms with E-state index in [1.54, 1.807) is 12.1 Å². The summed E-state index contributed by atoms with van der Waals surface area (Å²) in [5.41, 5.74) is 12.4. The van der Waals surface area contributed by atoms with Gasteiger partial charge < -0.3 is 16.8 Å². The highest BCUT2D eigenvalue weighted by atomic mass is 19.1. The van der Waals surface area contributed by atoms with Gasteiger partial charge in [-0.2, -0.15) is 4.98 Å². The third-order valence-electron chi connectivity index (χ3n) is 5.94. The Hall–Kier alpha value is -2.25. The molecule has 1 aromatic heterocycles. The molecule has 4 rings (SSSR count). The van der Waals surface area contributed by atoms with Gasteiger partial charge in [0.1, 0.15) is 11.6 Å². The van der Waals surface area contributed by atoms with E-state index in [9.17, 15) is 9.18 Å². The van der Waals surface area contributed by atoms with Crippen LogP contribution in [0.25, 0.3) is 5.69 Å². The van der Waals surface area contributed by atoms with Gasteiger partial charge in [-0.05, 0) is 68.2 Å². The maximum atomic E-state index is 14.6. The lowest BCUT2D eigenvalue weighted by Gasteiger charge is -2.57. The van der Waals surface area contributed by atoms with E-state index in [0.29, 0.717) is 35.2 Å². The van der Waals surface area contributed by atoms with E-state index in [-0.39, 0.29) is 17.7 Å². The molecule has 144 valence electrons. The van der Waals surface area contributed by atoms with Crippen LogP contribution in [0, 0.1) is 11.2 Å². The fraction of sp³-hybridized carbons (Fsp3) is 0.500. The fourth-order valence-corrected chi connectivity index (χ4v) is 4.74. The van der Waals surface area contributed by atoms with Crippen molar-refractivity contribution >= 4 is 5.82 Å². The van der Waals surface area contributed by atoms with Crippen molar-refractivity contribution in [2.75, 3.05) is 5.73 Å². The SMILES string of the molecule is CC(Cc1ccc(-n2ccc(N)nc2=O)cc1F)NC1CC2(CC(N)C2)C1. The molecule has 1 aromatic carbocycles. The van der Waals surface area contributed by atoms with Crippen LogP contribution < -0.4 is 22.5 Å². The smallest absolute Gasteiger partial charge is 0.354 e. The molecule has 2 aliphatic carbocycles. The standard InChI is InChI=1S/C20H26FN5O/c1-12(24-15-10-20(11-15)8-14(22)9-20)6-13-2-3-16(7-17(13)21)26-5-4-18(23)25-19(26)27/h2-5,7,12,14-15,24H,6,8-11,22H2,1H3,(H2,23,25,27). The molecule has 0 bridgehead atoms. The Bertz CT molecular complexity index is 897. The second kappa shape index (κ2) is 6.73. The highest BCUT2D eigenvalue weighted by Gasteiger charge is 2.51. The van der Waals surface area contributed by atoms with Gasteiger partial charge in [0.05, 0.1) is 5.69 Å². The van der Waals surface area contributed by atoms with Gasteiger partial charge in [-0.15, -0.1) is 0 Å². The van der Waals surface area contributed by atoms with E-state index in [1.165, 1.54) is 35.7 Å². The first-order valence-corrected chi connectivity index (χ1v) is 9.49. The normalized spacial score (nSPS) is 27.8. The molecule has 2 aliphatic rings. The highest BCUT2D eigenvalue weighted by Crippen LogP contribution is 2.55. The first kappa shape index (κ1) is 18.1. The summed E-state index contributed by atoms with van der Waals surface area (Å²) < 4.78 is 15.8. The van der Waals surface area contributed by atoms with E-state index >= 15 is 0 Å². The molecule has 2 saturated carbocycles. The summed E-state index contributed by atoms with van der Waals surface area (Å²) in [6.07, 6.45) is 6.76. The van der Waals surface area contributed by atoms with Crippen LogP contribution in [0.5, 0.6) is 0 Å². The molecule has 0 amide bonds. The number of nitrogens with zero attached hydrogens (tertiary/aromatic N) is 2. The van der Waals surface area contributed by atoms with Crippen LogP contribution in [-0.2, 0) is 6.42 Å². The summed E-state index contributed by atoms with van der Waals surface area (Å²) in [5.74, 6) is -0.171. The third-order valence-corrected chi connectivity index (χ3v) is 5.94. The zero-order valence-electron chi connectivity index (χ0n) is 15.5. The topological polar surface area (TPSA) is 99.0 Å². The number of nitrogens with two attached hydrogens (primary N) is 2. The van der Waals surface area contributed by atoms with Gasteiger partial charge in [0.15, 0.2) is 0 Å². The van der Waals surface area contributed by atoms with E-state index in [2.05, 4.69) is 17.2 Å². The van der Waals surface area contributed by atoms with Crippen LogP contribution in [0.2, 0.25) is 0 Å². The summed E-state index contributed by atoms with van der Waals surface area (Å²) in [6.45, 7) is 2.08. The summed E-state index contributed by atoms with van der Waals surface area (Å²) in [5, 5.41) is 3.61. The van der Waals surface area contributed by atoms with Crippen LogP contribution >= 0.6 is 0 Å². The molecule has 2 aromatic rings. The van der Waals surface area contributed by atoms with E-state index in [0.717, 1.165) is 12.8 Å². The number of aromatic nitrogens is 2. The minimum Gasteiger partial charge on any atom is -0.383 e. The molecule has 0 radical (unpaired) electrons. The van der Waals surface area contributed by atoms with Gasteiger partial charge in [-0.25, -0.2) is 9.18 Å². The van der Waals surface area contributed by atoms with Crippen molar-refractivity contribution < 1.29 is 4.39 Å². The summed E-state index contributed by atoms with van der Waals surface area (Å²) in [6, 6.07) is 7.43. The van der Waals surface area contributed by atoms with Crippen LogP contribution in [0.15, 0.2) is 35.3 Å². The molecule has 0 saturated heterocycles. The molecular weight excluding hydrogens is 345 g/mol. The average molecular weight is 371 g/mol. The molecule has 1 heterocycles. The predicted octanol–water partition coefficient (Wildman–Crippen LogP) is 1.74. The molecule has 6 nitrogen and oxygen atoms in total. The number of hydrogen-bond donors (Lipinski definition) is 3. The maximum Gasteiger partial charge on any atom is 0.354 e. The van der Waals surface area contributed by atoms with Crippen molar-refractivity contribution in [3.05, 3.63) is 52.3 Å². The van der Waals surface area contributed by atoms with Crippen LogP contribution in [0.1, 0.15) is 38.2 Å². The van der Waals surface area contributed by atoms with Crippen molar-refractivity contribution in [3.8, 4) is 5.69 Å². The fourth-order valence-electron chi connectivity index (χ4n) is 4.74. The quantitative estimate of drug-likeness (QED) is 0.744. The number of benzene rings is 1. The Morgan fingerprint density at radius 1 is 1.33 bits per heavy atom. The Morgan fingerprint density at radius 3 is 2.70 bits per heavy atom. The van der Waals surface area contributed by atoms with E-state index in [4.69, 9.17) is 11.5 Å². The Kier molecular flexibility index (Phi) is 4.52. The number of nitrogen functional groups attached to an aromatic ring is 1. The number of halogens is 1. The number of rotatable bonds is 5. The largest absolute Gasteiger partial charge is 0.383 e. The molecule has 7 heteroatoms. The van der Waals surface area contributed by atoms with Gasteiger partial charge in [-0.1, -0.05) is 6.07 Å². The Labute approximate surface area is 157 Å². The molecule has 2 fully saturated rings. The minimum absolute atomic E-state index is 0.148. The van der Waals surface area contributed by atoms with Crippen LogP contribution in [-0.4, -0.2) is 27.7 Å². The zero-order chi connectivity index (χ0) is 19.2. The maximum absolute atomic E-state index is 14.6. The van der Waals surface area contributed by atoms with E-state index < -0.39 is 5.69 Å². The first-order valence-electron chi connectivity index (χ1n) is 9.49. The Balaban J connectivity index is 1.37. The predicted molar refractivity (Wildman–Crippen MR) is 103 cm³/mol. The van der Waals surface area contributed by atoms with Crippen molar-refractivity contribution in [1.29, 1.82) is 0 Å². The van der Waals surface area contributed by atoms with Gasteiger partial charge in [0.25, 0.3) is 0 Å². The summed E-state index contributed by atoms with van der Waals surface area (Å²) in [7, 11) is 0. The summed E-state index contributed by atoms with van der Waals surface area (Å²) >= 11 is 0. The van der Waals surface area contributed by atoms with Crippen molar-refractivity contribution in [2.45, 2.75) is 57.2 Å². The van der Waals surface area contributed by atoms with Gasteiger partial charge in [0, 0.05) is 24.3 Å². The molecule has 1 atom stereocenters. The molecular formula is C20H26FN5O. The monoisotopic (exact) mass is 371 g/mol. The number of anilines is 1. The third kappa shape index (κ3) is 3.61. The second-order valence-corrected chi connectivity index (χ2v) is 8.33. The lowest BCUT2D eigenvalue weighted by molar-refractivity contribution is -0.0208. The molecule has 1 unspecified atom stereocenters. The average Bonchev–Trinajstić information content (AvgIpc) is 2.53. The highest BCUT2D eigenvalue weighted by molar-refractivity contribution is 5.37. The minimum atomic E-state index is -0.521.